The lowest BCUT2D eigenvalue weighted by Crippen LogP contribution is -2.29. The van der Waals surface area contributed by atoms with Gasteiger partial charge in [0.05, 0.1) is 13.2 Å². The first-order chi connectivity index (χ1) is 24.8. The van der Waals surface area contributed by atoms with Crippen molar-refractivity contribution in [3.63, 3.8) is 0 Å². The molecule has 0 fully saturated rings. The number of esters is 2. The van der Waals surface area contributed by atoms with E-state index in [0.717, 1.165) is 51.4 Å². The number of phosphoric ester groups is 1. The Bertz CT molecular complexity index is 897. The van der Waals surface area contributed by atoms with E-state index in [1.165, 1.54) is 103 Å². The first kappa shape index (κ1) is 49.5. The molecule has 0 aliphatic rings. The van der Waals surface area contributed by atoms with E-state index in [2.05, 4.69) is 38.2 Å². The third-order valence-electron chi connectivity index (χ3n) is 8.81. The van der Waals surface area contributed by atoms with Gasteiger partial charge in [0.25, 0.3) is 0 Å². The van der Waals surface area contributed by atoms with Crippen molar-refractivity contribution in [2.75, 3.05) is 26.4 Å². The van der Waals surface area contributed by atoms with Gasteiger partial charge in [0.2, 0.25) is 0 Å². The maximum Gasteiger partial charge on any atom is 0.472 e. The van der Waals surface area contributed by atoms with E-state index < -0.39 is 32.5 Å². The average Bonchev–Trinajstić information content (AvgIpc) is 3.11. The number of rotatable bonds is 39. The van der Waals surface area contributed by atoms with Crippen LogP contribution in [0.4, 0.5) is 0 Å². The van der Waals surface area contributed by atoms with Gasteiger partial charge in [0.15, 0.2) is 6.10 Å². The van der Waals surface area contributed by atoms with Crippen LogP contribution in [-0.2, 0) is 32.7 Å². The highest BCUT2D eigenvalue weighted by atomic mass is 31.2. The molecule has 2 atom stereocenters. The number of hydrogen-bond acceptors (Lipinski definition) is 8. The van der Waals surface area contributed by atoms with Crippen molar-refractivity contribution in [3.8, 4) is 0 Å². The number of allylic oxidation sites excluding steroid dienone is 4. The van der Waals surface area contributed by atoms with Crippen molar-refractivity contribution < 1.29 is 37.6 Å². The number of carbonyl (C=O) groups is 2. The number of carbonyl (C=O) groups excluding carboxylic acids is 2. The van der Waals surface area contributed by atoms with Crippen molar-refractivity contribution in [2.45, 2.75) is 200 Å². The molecule has 0 bridgehead atoms. The van der Waals surface area contributed by atoms with Crippen molar-refractivity contribution in [3.05, 3.63) is 24.3 Å². The Hall–Kier alpha value is -1.51. The largest absolute Gasteiger partial charge is 0.472 e. The number of nitrogens with two attached hydrogens (primary N) is 1. The third-order valence-corrected chi connectivity index (χ3v) is 9.79. The highest BCUT2D eigenvalue weighted by molar-refractivity contribution is 7.47. The molecular formula is C41H78NO8P. The summed E-state index contributed by atoms with van der Waals surface area (Å²) in [5.41, 5.74) is 5.34. The van der Waals surface area contributed by atoms with Gasteiger partial charge in [-0.1, -0.05) is 141 Å². The summed E-state index contributed by atoms with van der Waals surface area (Å²) in [5, 5.41) is 0. The molecule has 0 radical (unpaired) electrons. The Morgan fingerprint density at radius 1 is 0.569 bits per heavy atom. The molecule has 0 saturated heterocycles. The van der Waals surface area contributed by atoms with Gasteiger partial charge in [-0.05, 0) is 64.2 Å². The first-order valence-corrected chi connectivity index (χ1v) is 22.3. The minimum atomic E-state index is -4.38. The molecule has 51 heavy (non-hydrogen) atoms. The van der Waals surface area contributed by atoms with Gasteiger partial charge in [-0.2, -0.15) is 0 Å². The average molecular weight is 744 g/mol. The Kier molecular flexibility index (Phi) is 37.1. The molecular weight excluding hydrogens is 665 g/mol. The summed E-state index contributed by atoms with van der Waals surface area (Å²) in [6.07, 6.45) is 39.2. The molecule has 0 amide bonds. The van der Waals surface area contributed by atoms with Gasteiger partial charge in [-0.15, -0.1) is 0 Å². The molecule has 1 unspecified atom stereocenters. The number of hydrogen-bond donors (Lipinski definition) is 2. The zero-order valence-corrected chi connectivity index (χ0v) is 33.7. The molecule has 0 aromatic carbocycles. The van der Waals surface area contributed by atoms with E-state index in [1.807, 2.05) is 0 Å². The third kappa shape index (κ3) is 38.0. The van der Waals surface area contributed by atoms with Crippen LogP contribution in [0.5, 0.6) is 0 Å². The van der Waals surface area contributed by atoms with E-state index in [1.54, 1.807) is 0 Å². The summed E-state index contributed by atoms with van der Waals surface area (Å²) in [5.74, 6) is -0.862. The fraction of sp³-hybridized carbons (Fsp3) is 0.854. The van der Waals surface area contributed by atoms with Crippen molar-refractivity contribution in [1.82, 2.24) is 0 Å². The van der Waals surface area contributed by atoms with Gasteiger partial charge < -0.3 is 20.1 Å². The van der Waals surface area contributed by atoms with Crippen LogP contribution >= 0.6 is 7.82 Å². The lowest BCUT2D eigenvalue weighted by atomic mass is 10.1. The Balaban J connectivity index is 4.22. The number of phosphoric acid groups is 1. The van der Waals surface area contributed by atoms with E-state index in [0.29, 0.717) is 12.8 Å². The monoisotopic (exact) mass is 744 g/mol. The Labute approximate surface area is 312 Å². The summed E-state index contributed by atoms with van der Waals surface area (Å²) in [6.45, 7) is 3.70. The molecule has 3 N–H and O–H groups in total. The predicted molar refractivity (Wildman–Crippen MR) is 211 cm³/mol. The van der Waals surface area contributed by atoms with Gasteiger partial charge >= 0.3 is 19.8 Å². The summed E-state index contributed by atoms with van der Waals surface area (Å²) in [4.78, 5) is 34.8. The lowest BCUT2D eigenvalue weighted by molar-refractivity contribution is -0.161. The SMILES string of the molecule is CCCCCCCCCC/C=C/CCCCCC(=O)OC[C@H](COP(=O)(O)OCCN)OC(=O)CCCCC/C=C/CCCCCCCCCC. The highest BCUT2D eigenvalue weighted by Gasteiger charge is 2.25. The fourth-order valence-electron chi connectivity index (χ4n) is 5.68. The Morgan fingerprint density at radius 2 is 0.961 bits per heavy atom. The Morgan fingerprint density at radius 3 is 1.39 bits per heavy atom. The van der Waals surface area contributed by atoms with Gasteiger partial charge in [-0.3, -0.25) is 18.6 Å². The normalized spacial score (nSPS) is 13.6. The molecule has 10 heteroatoms. The van der Waals surface area contributed by atoms with E-state index >= 15 is 0 Å². The van der Waals surface area contributed by atoms with E-state index in [-0.39, 0.29) is 32.6 Å². The summed E-state index contributed by atoms with van der Waals surface area (Å²) in [7, 11) is -4.38. The lowest BCUT2D eigenvalue weighted by Gasteiger charge is -2.19. The standard InChI is InChI=1S/C41H78NO8P/c1-3-5-7-9-11-13-15-17-19-21-23-25-27-29-31-33-40(43)47-37-39(38-49-51(45,46)48-36-35-42)50-41(44)34-32-30-28-26-24-22-20-18-16-14-12-10-8-6-4-2/h21-24,39H,3-20,25-38,42H2,1-2H3,(H,45,46)/b23-21+,24-22+/t39-/m1/s1. The second-order valence-corrected chi connectivity index (χ2v) is 15.3. The molecule has 0 rings (SSSR count). The van der Waals surface area contributed by atoms with Gasteiger partial charge in [-0.25, -0.2) is 4.57 Å². The smallest absolute Gasteiger partial charge is 0.462 e. The second-order valence-electron chi connectivity index (χ2n) is 13.8. The van der Waals surface area contributed by atoms with Crippen LogP contribution < -0.4 is 5.73 Å². The summed E-state index contributed by atoms with van der Waals surface area (Å²) in [6, 6.07) is 0. The van der Waals surface area contributed by atoms with E-state index in [4.69, 9.17) is 24.3 Å². The van der Waals surface area contributed by atoms with E-state index in [9.17, 15) is 19.0 Å². The van der Waals surface area contributed by atoms with Crippen LogP contribution in [0.2, 0.25) is 0 Å². The van der Waals surface area contributed by atoms with Gasteiger partial charge in [0.1, 0.15) is 6.61 Å². The van der Waals surface area contributed by atoms with Crippen LogP contribution in [0.1, 0.15) is 194 Å². The zero-order valence-electron chi connectivity index (χ0n) is 32.8. The molecule has 0 aromatic rings. The van der Waals surface area contributed by atoms with Crippen LogP contribution in [0.3, 0.4) is 0 Å². The minimum absolute atomic E-state index is 0.0502. The van der Waals surface area contributed by atoms with Crippen LogP contribution in [0.15, 0.2) is 24.3 Å². The first-order valence-electron chi connectivity index (χ1n) is 20.8. The minimum Gasteiger partial charge on any atom is -0.462 e. The predicted octanol–water partition coefficient (Wildman–Crippen LogP) is 11.6. The summed E-state index contributed by atoms with van der Waals surface area (Å²) >= 11 is 0. The van der Waals surface area contributed by atoms with Crippen LogP contribution in [0, 0.1) is 0 Å². The maximum absolute atomic E-state index is 12.5. The van der Waals surface area contributed by atoms with Crippen LogP contribution in [-0.4, -0.2) is 49.3 Å². The molecule has 300 valence electrons. The van der Waals surface area contributed by atoms with Crippen molar-refractivity contribution in [1.29, 1.82) is 0 Å². The fourth-order valence-corrected chi connectivity index (χ4v) is 6.45. The highest BCUT2D eigenvalue weighted by Crippen LogP contribution is 2.43. The second kappa shape index (κ2) is 38.2. The quantitative estimate of drug-likeness (QED) is 0.0273. The molecule has 0 aliphatic carbocycles. The van der Waals surface area contributed by atoms with Crippen molar-refractivity contribution >= 4 is 19.8 Å². The van der Waals surface area contributed by atoms with Crippen molar-refractivity contribution in [2.24, 2.45) is 5.73 Å². The number of ether oxygens (including phenoxy) is 2. The summed E-state index contributed by atoms with van der Waals surface area (Å²) < 4.78 is 32.7. The zero-order chi connectivity index (χ0) is 37.5. The molecule has 0 aliphatic heterocycles. The maximum atomic E-state index is 12.5. The topological polar surface area (TPSA) is 134 Å². The van der Waals surface area contributed by atoms with Crippen LogP contribution in [0.25, 0.3) is 0 Å². The molecule has 9 nitrogen and oxygen atoms in total. The number of unbranched alkanes of at least 4 members (excludes halogenated alkanes) is 22. The molecule has 0 aromatic heterocycles. The molecule has 0 heterocycles. The molecule has 0 spiro atoms. The molecule has 0 saturated carbocycles. The van der Waals surface area contributed by atoms with Gasteiger partial charge in [0, 0.05) is 19.4 Å².